The Bertz CT molecular complexity index is 1120. The molecule has 2 aromatic carbocycles. The van der Waals surface area contributed by atoms with Crippen LogP contribution in [0.25, 0.3) is 0 Å². The SMILES string of the molecule is O=C(CCC(=O)c1ccc(F)cc1F)NC[C@H]1CN(c2cccc(F)c2N2CCOCC2)C(=O)O1. The zero-order valence-electron chi connectivity index (χ0n) is 18.8. The number of carbonyl (C=O) groups is 3. The molecule has 2 heterocycles. The Morgan fingerprint density at radius 2 is 1.80 bits per heavy atom. The lowest BCUT2D eigenvalue weighted by molar-refractivity contribution is -0.121. The van der Waals surface area contributed by atoms with Crippen LogP contribution in [0.1, 0.15) is 23.2 Å². The Balaban J connectivity index is 1.32. The summed E-state index contributed by atoms with van der Waals surface area (Å²) in [5, 5.41) is 2.59. The zero-order chi connectivity index (χ0) is 24.9. The van der Waals surface area contributed by atoms with E-state index in [1.807, 2.05) is 4.90 Å². The molecule has 0 aliphatic carbocycles. The van der Waals surface area contributed by atoms with Gasteiger partial charge in [-0.3, -0.25) is 14.5 Å². The normalized spacial score (nSPS) is 17.9. The fraction of sp³-hybridized carbons (Fsp3) is 0.375. The number of ketones is 1. The molecule has 186 valence electrons. The van der Waals surface area contributed by atoms with E-state index >= 15 is 0 Å². The van der Waals surface area contributed by atoms with Gasteiger partial charge < -0.3 is 19.7 Å². The molecule has 11 heteroatoms. The highest BCUT2D eigenvalue weighted by Crippen LogP contribution is 2.35. The lowest BCUT2D eigenvalue weighted by atomic mass is 10.1. The molecule has 4 rings (SSSR count). The summed E-state index contributed by atoms with van der Waals surface area (Å²) in [6, 6.07) is 7.09. The van der Waals surface area contributed by atoms with Gasteiger partial charge in [-0.2, -0.15) is 0 Å². The van der Waals surface area contributed by atoms with Gasteiger partial charge in [-0.05, 0) is 24.3 Å². The van der Waals surface area contributed by atoms with Gasteiger partial charge in [-0.15, -0.1) is 0 Å². The van der Waals surface area contributed by atoms with Crippen molar-refractivity contribution in [3.05, 3.63) is 59.4 Å². The summed E-state index contributed by atoms with van der Waals surface area (Å²) in [7, 11) is 0. The predicted molar refractivity (Wildman–Crippen MR) is 120 cm³/mol. The molecule has 0 bridgehead atoms. The number of ether oxygens (including phenoxy) is 2. The van der Waals surface area contributed by atoms with Gasteiger partial charge >= 0.3 is 6.09 Å². The van der Waals surface area contributed by atoms with E-state index < -0.39 is 41.3 Å². The van der Waals surface area contributed by atoms with Crippen molar-refractivity contribution >= 4 is 29.2 Å². The minimum Gasteiger partial charge on any atom is -0.442 e. The van der Waals surface area contributed by atoms with Crippen LogP contribution >= 0.6 is 0 Å². The molecule has 2 aliphatic heterocycles. The molecule has 2 aromatic rings. The van der Waals surface area contributed by atoms with Crippen LogP contribution in [0, 0.1) is 17.5 Å². The second-order valence-electron chi connectivity index (χ2n) is 8.17. The standard InChI is InChI=1S/C24H24F3N3O5/c25-15-4-5-17(19(27)12-15)21(31)6-7-22(32)28-13-16-14-30(24(33)35-16)20-3-1-2-18(26)23(20)29-8-10-34-11-9-29/h1-5,12,16H,6-11,13-14H2,(H,28,32)/t16-/m0/s1. The molecule has 0 unspecified atom stereocenters. The van der Waals surface area contributed by atoms with Gasteiger partial charge in [0.1, 0.15) is 23.6 Å². The van der Waals surface area contributed by atoms with Crippen LogP contribution in [-0.4, -0.2) is 63.3 Å². The zero-order valence-corrected chi connectivity index (χ0v) is 18.8. The highest BCUT2D eigenvalue weighted by Gasteiger charge is 2.35. The first kappa shape index (κ1) is 24.5. The van der Waals surface area contributed by atoms with Crippen LogP contribution in [0.5, 0.6) is 0 Å². The number of Topliss-reactive ketones (excluding diaryl/α,β-unsaturated/α-hetero) is 1. The summed E-state index contributed by atoms with van der Waals surface area (Å²) < 4.78 is 52.1. The van der Waals surface area contributed by atoms with E-state index in [2.05, 4.69) is 5.32 Å². The number of hydrogen-bond donors (Lipinski definition) is 1. The summed E-state index contributed by atoms with van der Waals surface area (Å²) in [5.41, 5.74) is 0.382. The fourth-order valence-electron chi connectivity index (χ4n) is 4.04. The quantitative estimate of drug-likeness (QED) is 0.572. The molecule has 2 amide bonds. The van der Waals surface area contributed by atoms with Crippen molar-refractivity contribution in [3.63, 3.8) is 0 Å². The molecule has 2 fully saturated rings. The lowest BCUT2D eigenvalue weighted by Crippen LogP contribution is -2.39. The van der Waals surface area contributed by atoms with Crippen LogP contribution in [0.4, 0.5) is 29.3 Å². The second-order valence-corrected chi connectivity index (χ2v) is 8.17. The third kappa shape index (κ3) is 5.73. The Morgan fingerprint density at radius 3 is 2.54 bits per heavy atom. The number of cyclic esters (lactones) is 1. The smallest absolute Gasteiger partial charge is 0.414 e. The third-order valence-electron chi connectivity index (χ3n) is 5.80. The summed E-state index contributed by atoms with van der Waals surface area (Å²) in [5.74, 6) is -3.36. The summed E-state index contributed by atoms with van der Waals surface area (Å²) in [6.45, 7) is 1.95. The molecular weight excluding hydrogens is 467 g/mol. The molecule has 35 heavy (non-hydrogen) atoms. The van der Waals surface area contributed by atoms with E-state index in [4.69, 9.17) is 9.47 Å². The van der Waals surface area contributed by atoms with Gasteiger partial charge in [0, 0.05) is 32.0 Å². The second kappa shape index (κ2) is 10.8. The number of morpholine rings is 1. The molecule has 0 spiro atoms. The Kier molecular flexibility index (Phi) is 7.54. The van der Waals surface area contributed by atoms with Crippen molar-refractivity contribution < 1.29 is 37.0 Å². The number of amides is 2. The molecule has 0 aromatic heterocycles. The Labute approximate surface area is 199 Å². The first-order chi connectivity index (χ1) is 16.8. The van der Waals surface area contributed by atoms with Crippen LogP contribution < -0.4 is 15.1 Å². The first-order valence-corrected chi connectivity index (χ1v) is 11.2. The molecule has 2 saturated heterocycles. The maximum Gasteiger partial charge on any atom is 0.414 e. The van der Waals surface area contributed by atoms with E-state index in [9.17, 15) is 27.6 Å². The number of hydrogen-bond acceptors (Lipinski definition) is 6. The summed E-state index contributed by atoms with van der Waals surface area (Å²) in [6.07, 6.45) is -1.83. The van der Waals surface area contributed by atoms with E-state index in [0.29, 0.717) is 43.7 Å². The maximum absolute atomic E-state index is 14.7. The molecule has 0 saturated carbocycles. The van der Waals surface area contributed by atoms with Gasteiger partial charge in [0.25, 0.3) is 0 Å². The molecule has 8 nitrogen and oxygen atoms in total. The highest BCUT2D eigenvalue weighted by molar-refractivity contribution is 5.98. The molecule has 1 N–H and O–H groups in total. The van der Waals surface area contributed by atoms with Crippen LogP contribution in [-0.2, 0) is 14.3 Å². The fourth-order valence-corrected chi connectivity index (χ4v) is 4.04. The van der Waals surface area contributed by atoms with Gasteiger partial charge in [-0.1, -0.05) is 6.07 Å². The number of benzene rings is 2. The number of rotatable bonds is 8. The van der Waals surface area contributed by atoms with Crippen LogP contribution in [0.15, 0.2) is 36.4 Å². The van der Waals surface area contributed by atoms with Crippen molar-refractivity contribution in [1.82, 2.24) is 5.32 Å². The molecule has 0 radical (unpaired) electrons. The van der Waals surface area contributed by atoms with Crippen molar-refractivity contribution in [3.8, 4) is 0 Å². The molecular formula is C24H24F3N3O5. The lowest BCUT2D eigenvalue weighted by Gasteiger charge is -2.32. The van der Waals surface area contributed by atoms with E-state index in [0.717, 1.165) is 12.1 Å². The summed E-state index contributed by atoms with van der Waals surface area (Å²) in [4.78, 5) is 40.0. The topological polar surface area (TPSA) is 88.2 Å². The summed E-state index contributed by atoms with van der Waals surface area (Å²) >= 11 is 0. The average Bonchev–Trinajstić information content (AvgIpc) is 3.22. The van der Waals surface area contributed by atoms with Crippen LogP contribution in [0.2, 0.25) is 0 Å². The number of para-hydroxylation sites is 1. The monoisotopic (exact) mass is 491 g/mol. The van der Waals surface area contributed by atoms with Gasteiger partial charge in [-0.25, -0.2) is 18.0 Å². The average molecular weight is 491 g/mol. The van der Waals surface area contributed by atoms with Crippen molar-refractivity contribution in [2.45, 2.75) is 18.9 Å². The Hall–Kier alpha value is -3.60. The molecule has 1 atom stereocenters. The van der Waals surface area contributed by atoms with Crippen molar-refractivity contribution in [1.29, 1.82) is 0 Å². The first-order valence-electron chi connectivity index (χ1n) is 11.2. The Morgan fingerprint density at radius 1 is 1.03 bits per heavy atom. The number of carbonyl (C=O) groups excluding carboxylic acids is 3. The highest BCUT2D eigenvalue weighted by atomic mass is 19.1. The number of nitrogens with one attached hydrogen (secondary N) is 1. The maximum atomic E-state index is 14.7. The number of nitrogens with zero attached hydrogens (tertiary/aromatic N) is 2. The van der Waals surface area contributed by atoms with Gasteiger partial charge in [0.05, 0.1) is 43.2 Å². The van der Waals surface area contributed by atoms with Crippen molar-refractivity contribution in [2.24, 2.45) is 0 Å². The van der Waals surface area contributed by atoms with E-state index in [1.165, 1.54) is 17.0 Å². The minimum absolute atomic E-state index is 0.0115. The number of anilines is 2. The van der Waals surface area contributed by atoms with Gasteiger partial charge in [0.2, 0.25) is 5.91 Å². The molecule has 2 aliphatic rings. The van der Waals surface area contributed by atoms with Gasteiger partial charge in [0.15, 0.2) is 5.78 Å². The minimum atomic E-state index is -0.984. The third-order valence-corrected chi connectivity index (χ3v) is 5.80. The van der Waals surface area contributed by atoms with E-state index in [1.54, 1.807) is 6.07 Å². The van der Waals surface area contributed by atoms with E-state index in [-0.39, 0.29) is 31.5 Å². The van der Waals surface area contributed by atoms with Crippen molar-refractivity contribution in [2.75, 3.05) is 49.2 Å². The number of halogens is 3. The van der Waals surface area contributed by atoms with Crippen LogP contribution in [0.3, 0.4) is 0 Å². The largest absolute Gasteiger partial charge is 0.442 e. The predicted octanol–water partition coefficient (Wildman–Crippen LogP) is 3.05.